The number of rotatable bonds is 8. The number of hydrogen-bond acceptors (Lipinski definition) is 8. The molecule has 0 fully saturated rings. The molecule has 3 rings (SSSR count). The highest BCUT2D eigenvalue weighted by molar-refractivity contribution is 7.98. The van der Waals surface area contributed by atoms with Gasteiger partial charge in [0.05, 0.1) is 22.8 Å². The Bertz CT molecular complexity index is 1020. The molecule has 0 bridgehead atoms. The molecule has 3 aromatic rings. The first-order valence-corrected chi connectivity index (χ1v) is 11.7. The normalized spacial score (nSPS) is 10.4. The van der Waals surface area contributed by atoms with Crippen LogP contribution in [0.25, 0.3) is 0 Å². The molecule has 30 heavy (non-hydrogen) atoms. The Morgan fingerprint density at radius 1 is 1.13 bits per heavy atom. The molecular weight excluding hydrogens is 442 g/mol. The number of carbonyl (C=O) groups excluding carboxylic acids is 3. The molecule has 10 heteroatoms. The minimum atomic E-state index is -0.699. The van der Waals surface area contributed by atoms with Crippen molar-refractivity contribution in [1.29, 1.82) is 0 Å². The highest BCUT2D eigenvalue weighted by Gasteiger charge is 2.16. The number of esters is 1. The highest BCUT2D eigenvalue weighted by atomic mass is 32.2. The number of aromatic nitrogens is 1. The van der Waals surface area contributed by atoms with E-state index in [1.807, 2.05) is 41.9 Å². The van der Waals surface area contributed by atoms with Gasteiger partial charge >= 0.3 is 12.0 Å². The zero-order chi connectivity index (χ0) is 21.3. The van der Waals surface area contributed by atoms with Crippen molar-refractivity contribution in [2.24, 2.45) is 0 Å². The first kappa shape index (κ1) is 22.0. The summed E-state index contributed by atoms with van der Waals surface area (Å²) in [6, 6.07) is 10.1. The third-order valence-electron chi connectivity index (χ3n) is 3.74. The molecule has 2 heterocycles. The Labute approximate surface area is 185 Å². The number of urea groups is 1. The molecule has 0 spiro atoms. The van der Waals surface area contributed by atoms with Crippen LogP contribution in [0.1, 0.15) is 25.9 Å². The lowest BCUT2D eigenvalue weighted by Gasteiger charge is -2.09. The van der Waals surface area contributed by atoms with Gasteiger partial charge in [0.1, 0.15) is 0 Å². The Morgan fingerprint density at radius 3 is 2.70 bits per heavy atom. The van der Waals surface area contributed by atoms with Gasteiger partial charge in [-0.15, -0.1) is 34.4 Å². The van der Waals surface area contributed by atoms with Crippen LogP contribution in [0.15, 0.2) is 52.1 Å². The number of nitrogens with zero attached hydrogens (tertiary/aromatic N) is 1. The maximum atomic E-state index is 12.4. The quantitative estimate of drug-likeness (QED) is 0.389. The number of imide groups is 1. The van der Waals surface area contributed by atoms with Crippen LogP contribution in [0.4, 0.5) is 4.79 Å². The second kappa shape index (κ2) is 10.9. The summed E-state index contributed by atoms with van der Waals surface area (Å²) in [5.74, 6) is -0.698. The van der Waals surface area contributed by atoms with Crippen molar-refractivity contribution < 1.29 is 19.1 Å². The molecule has 156 valence electrons. The van der Waals surface area contributed by atoms with E-state index in [4.69, 9.17) is 4.74 Å². The Hall–Kier alpha value is -2.69. The number of thioether (sulfide) groups is 1. The van der Waals surface area contributed by atoms with Crippen LogP contribution in [0.3, 0.4) is 0 Å². The van der Waals surface area contributed by atoms with Gasteiger partial charge in [-0.05, 0) is 30.5 Å². The predicted molar refractivity (Wildman–Crippen MR) is 118 cm³/mol. The number of nitrogens with one attached hydrogen (secondary N) is 2. The van der Waals surface area contributed by atoms with Gasteiger partial charge in [-0.1, -0.05) is 18.2 Å². The average molecular weight is 462 g/mol. The summed E-state index contributed by atoms with van der Waals surface area (Å²) < 4.78 is 5.08. The van der Waals surface area contributed by atoms with Gasteiger partial charge in [-0.3, -0.25) is 10.1 Å². The zero-order valence-electron chi connectivity index (χ0n) is 16.0. The Morgan fingerprint density at radius 2 is 1.97 bits per heavy atom. The lowest BCUT2D eigenvalue weighted by atomic mass is 10.2. The fourth-order valence-electron chi connectivity index (χ4n) is 2.38. The molecule has 3 amide bonds. The third kappa shape index (κ3) is 6.68. The standard InChI is InChI=1S/C20H19N3O4S3/c1-13-22-14(11-29-13)12-30-17-7-3-2-6-16(17)19(25)27-10-18(24)23-20(26)21-9-15-5-4-8-28-15/h2-8,11H,9-10,12H2,1H3,(H2,21,23,24,26). The van der Waals surface area contributed by atoms with Gasteiger partial charge < -0.3 is 10.1 Å². The number of amides is 3. The smallest absolute Gasteiger partial charge is 0.339 e. The van der Waals surface area contributed by atoms with E-state index < -0.39 is 24.5 Å². The van der Waals surface area contributed by atoms with E-state index in [0.717, 1.165) is 20.5 Å². The van der Waals surface area contributed by atoms with Crippen LogP contribution in [-0.4, -0.2) is 29.5 Å². The second-order valence-corrected chi connectivity index (χ2v) is 9.14. The van der Waals surface area contributed by atoms with Gasteiger partial charge in [0.2, 0.25) is 0 Å². The fourth-order valence-corrected chi connectivity index (χ4v) is 4.68. The zero-order valence-corrected chi connectivity index (χ0v) is 18.5. The fraction of sp³-hybridized carbons (Fsp3) is 0.200. The largest absolute Gasteiger partial charge is 0.452 e. The minimum absolute atomic E-state index is 0.319. The van der Waals surface area contributed by atoms with E-state index in [0.29, 0.717) is 17.9 Å². The minimum Gasteiger partial charge on any atom is -0.452 e. The number of carbonyl (C=O) groups is 3. The summed E-state index contributed by atoms with van der Waals surface area (Å²) in [4.78, 5) is 42.2. The Balaban J connectivity index is 1.47. The Kier molecular flexibility index (Phi) is 8.00. The number of benzene rings is 1. The maximum absolute atomic E-state index is 12.4. The summed E-state index contributed by atoms with van der Waals surface area (Å²) in [5, 5.41) is 9.58. The summed E-state index contributed by atoms with van der Waals surface area (Å²) >= 11 is 4.55. The molecule has 0 atom stereocenters. The van der Waals surface area contributed by atoms with E-state index in [2.05, 4.69) is 15.6 Å². The molecule has 0 saturated heterocycles. The van der Waals surface area contributed by atoms with Crippen molar-refractivity contribution >= 4 is 52.3 Å². The summed E-state index contributed by atoms with van der Waals surface area (Å²) in [5.41, 5.74) is 1.31. The predicted octanol–water partition coefficient (Wildman–Crippen LogP) is 3.99. The number of thiophene rings is 1. The van der Waals surface area contributed by atoms with Gasteiger partial charge in [0.15, 0.2) is 6.61 Å². The molecular formula is C20H19N3O4S3. The molecule has 0 aliphatic carbocycles. The van der Waals surface area contributed by atoms with Crippen molar-refractivity contribution in [3.8, 4) is 0 Å². The molecule has 0 aliphatic rings. The van der Waals surface area contributed by atoms with Crippen LogP contribution >= 0.6 is 34.4 Å². The van der Waals surface area contributed by atoms with Crippen LogP contribution < -0.4 is 10.6 Å². The van der Waals surface area contributed by atoms with E-state index in [1.54, 1.807) is 23.5 Å². The third-order valence-corrected chi connectivity index (χ3v) is 6.55. The van der Waals surface area contributed by atoms with Crippen LogP contribution in [0.2, 0.25) is 0 Å². The lowest BCUT2D eigenvalue weighted by Crippen LogP contribution is -2.41. The van der Waals surface area contributed by atoms with Crippen molar-refractivity contribution in [2.45, 2.75) is 24.1 Å². The number of hydrogen-bond donors (Lipinski definition) is 2. The van der Waals surface area contributed by atoms with Crippen molar-refractivity contribution in [3.05, 3.63) is 68.3 Å². The van der Waals surface area contributed by atoms with Crippen LogP contribution in [0.5, 0.6) is 0 Å². The molecule has 2 aromatic heterocycles. The summed E-state index contributed by atoms with van der Waals surface area (Å²) in [7, 11) is 0. The number of thiazole rings is 1. The van der Waals surface area contributed by atoms with Crippen LogP contribution in [-0.2, 0) is 21.8 Å². The first-order chi connectivity index (χ1) is 14.5. The molecule has 0 saturated carbocycles. The van der Waals surface area contributed by atoms with Crippen molar-refractivity contribution in [3.63, 3.8) is 0 Å². The monoisotopic (exact) mass is 461 g/mol. The topological polar surface area (TPSA) is 97.4 Å². The molecule has 0 radical (unpaired) electrons. The summed E-state index contributed by atoms with van der Waals surface area (Å²) in [6.45, 7) is 1.72. The maximum Gasteiger partial charge on any atom is 0.339 e. The number of aryl methyl sites for hydroxylation is 1. The summed E-state index contributed by atoms with van der Waals surface area (Å²) in [6.07, 6.45) is 0. The van der Waals surface area contributed by atoms with E-state index in [9.17, 15) is 14.4 Å². The van der Waals surface area contributed by atoms with Crippen molar-refractivity contribution in [1.82, 2.24) is 15.6 Å². The van der Waals surface area contributed by atoms with Crippen LogP contribution in [0, 0.1) is 6.92 Å². The van der Waals surface area contributed by atoms with Gasteiger partial charge in [-0.25, -0.2) is 14.6 Å². The molecule has 0 aliphatic heterocycles. The molecule has 1 aromatic carbocycles. The van der Waals surface area contributed by atoms with E-state index in [1.165, 1.54) is 23.1 Å². The number of ether oxygens (including phenoxy) is 1. The highest BCUT2D eigenvalue weighted by Crippen LogP contribution is 2.27. The lowest BCUT2D eigenvalue weighted by molar-refractivity contribution is -0.123. The first-order valence-electron chi connectivity index (χ1n) is 8.91. The molecule has 0 unspecified atom stereocenters. The second-order valence-electron chi connectivity index (χ2n) is 6.03. The van der Waals surface area contributed by atoms with Gasteiger partial charge in [-0.2, -0.15) is 0 Å². The molecule has 2 N–H and O–H groups in total. The van der Waals surface area contributed by atoms with E-state index >= 15 is 0 Å². The van der Waals surface area contributed by atoms with Gasteiger partial charge in [0, 0.05) is 20.9 Å². The SMILES string of the molecule is Cc1nc(CSc2ccccc2C(=O)OCC(=O)NC(=O)NCc2cccs2)cs1. The van der Waals surface area contributed by atoms with Crippen molar-refractivity contribution in [2.75, 3.05) is 6.61 Å². The average Bonchev–Trinajstić information content (AvgIpc) is 3.41. The molecule has 7 nitrogen and oxygen atoms in total. The van der Waals surface area contributed by atoms with E-state index in [-0.39, 0.29) is 0 Å². The van der Waals surface area contributed by atoms with Gasteiger partial charge in [0.25, 0.3) is 5.91 Å².